The molecule has 2 heterocycles. The molecule has 0 spiro atoms. The van der Waals surface area contributed by atoms with Crippen molar-refractivity contribution in [2.45, 2.75) is 12.8 Å². The summed E-state index contributed by atoms with van der Waals surface area (Å²) in [5.74, 6) is -0.841. The van der Waals surface area contributed by atoms with Crippen LogP contribution in [-0.4, -0.2) is 36.8 Å². The van der Waals surface area contributed by atoms with E-state index in [1.807, 2.05) is 6.07 Å². The van der Waals surface area contributed by atoms with Crippen LogP contribution in [0.25, 0.3) is 0 Å². The van der Waals surface area contributed by atoms with Gasteiger partial charge >= 0.3 is 0 Å². The zero-order valence-electron chi connectivity index (χ0n) is 11.4. The van der Waals surface area contributed by atoms with E-state index in [2.05, 4.69) is 31.9 Å². The standard InChI is InChI=1S/C15H15Br2NO3/c16-8-15(4-6-21-7-5-15)9-18-12-10(13(19)14(18)20)2-1-3-11(12)17/h1-3H,4-9H2. The number of hydrogen-bond acceptors (Lipinski definition) is 3. The Morgan fingerprint density at radius 2 is 1.95 bits per heavy atom. The molecule has 0 unspecified atom stereocenters. The van der Waals surface area contributed by atoms with Gasteiger partial charge in [-0.25, -0.2) is 0 Å². The smallest absolute Gasteiger partial charge is 0.299 e. The number of fused-ring (bicyclic) bond motifs is 1. The third-order valence-electron chi connectivity index (χ3n) is 4.27. The second-order valence-electron chi connectivity index (χ2n) is 5.60. The molecule has 2 aliphatic heterocycles. The van der Waals surface area contributed by atoms with Crippen molar-refractivity contribution in [2.75, 3.05) is 30.0 Å². The molecule has 1 amide bonds. The summed E-state index contributed by atoms with van der Waals surface area (Å²) in [5, 5.41) is 0.793. The van der Waals surface area contributed by atoms with Crippen LogP contribution in [0.2, 0.25) is 0 Å². The fourth-order valence-corrected chi connectivity index (χ4v) is 4.26. The molecule has 0 N–H and O–H groups in total. The summed E-state index contributed by atoms with van der Waals surface area (Å²) in [7, 11) is 0. The Morgan fingerprint density at radius 3 is 2.62 bits per heavy atom. The molecule has 1 aromatic rings. The lowest BCUT2D eigenvalue weighted by atomic mass is 9.82. The Morgan fingerprint density at radius 1 is 1.24 bits per heavy atom. The van der Waals surface area contributed by atoms with E-state index in [0.717, 1.165) is 22.6 Å². The van der Waals surface area contributed by atoms with E-state index in [9.17, 15) is 9.59 Å². The average Bonchev–Trinajstić information content (AvgIpc) is 2.75. The molecule has 0 bridgehead atoms. The molecule has 21 heavy (non-hydrogen) atoms. The molecule has 0 saturated carbocycles. The van der Waals surface area contributed by atoms with Crippen LogP contribution < -0.4 is 4.90 Å². The van der Waals surface area contributed by atoms with Gasteiger partial charge in [0, 0.05) is 35.0 Å². The molecule has 3 rings (SSSR count). The lowest BCUT2D eigenvalue weighted by Crippen LogP contribution is -2.45. The highest BCUT2D eigenvalue weighted by molar-refractivity contribution is 9.10. The number of alkyl halides is 1. The average molecular weight is 417 g/mol. The molecule has 1 fully saturated rings. The van der Waals surface area contributed by atoms with Crippen molar-refractivity contribution in [1.82, 2.24) is 0 Å². The number of ketones is 1. The highest BCUT2D eigenvalue weighted by Crippen LogP contribution is 2.41. The van der Waals surface area contributed by atoms with E-state index < -0.39 is 11.7 Å². The maximum absolute atomic E-state index is 12.4. The first-order chi connectivity index (χ1) is 10.1. The summed E-state index contributed by atoms with van der Waals surface area (Å²) in [6.07, 6.45) is 1.77. The molecule has 2 aliphatic rings. The number of amides is 1. The SMILES string of the molecule is O=C1C(=O)N(CC2(CBr)CCOCC2)c2c(Br)cccc21. The summed E-state index contributed by atoms with van der Waals surface area (Å²) in [5.41, 5.74) is 1.16. The maximum atomic E-state index is 12.4. The van der Waals surface area contributed by atoms with E-state index in [0.29, 0.717) is 31.0 Å². The molecule has 0 aromatic heterocycles. The number of para-hydroxylation sites is 1. The number of carbonyl (C=O) groups excluding carboxylic acids is 2. The van der Waals surface area contributed by atoms with Gasteiger partial charge in [0.25, 0.3) is 11.7 Å². The number of benzene rings is 1. The number of anilines is 1. The van der Waals surface area contributed by atoms with Crippen molar-refractivity contribution in [3.8, 4) is 0 Å². The van der Waals surface area contributed by atoms with Gasteiger partial charge in [-0.2, -0.15) is 0 Å². The summed E-state index contributed by atoms with van der Waals surface area (Å²) in [4.78, 5) is 26.1. The first-order valence-electron chi connectivity index (χ1n) is 6.86. The van der Waals surface area contributed by atoms with Crippen molar-refractivity contribution >= 4 is 49.2 Å². The van der Waals surface area contributed by atoms with Crippen molar-refractivity contribution in [1.29, 1.82) is 0 Å². The molecule has 0 radical (unpaired) electrons. The fraction of sp³-hybridized carbons (Fsp3) is 0.467. The number of rotatable bonds is 3. The minimum absolute atomic E-state index is 0.0366. The van der Waals surface area contributed by atoms with Gasteiger partial charge in [-0.05, 0) is 40.9 Å². The Kier molecular flexibility index (Phi) is 4.21. The molecule has 1 aromatic carbocycles. The molecule has 1 saturated heterocycles. The number of nitrogens with zero attached hydrogens (tertiary/aromatic N) is 1. The zero-order chi connectivity index (χ0) is 15.0. The van der Waals surface area contributed by atoms with Crippen LogP contribution in [0.5, 0.6) is 0 Å². The van der Waals surface area contributed by atoms with Crippen LogP contribution >= 0.6 is 31.9 Å². The molecule has 0 atom stereocenters. The van der Waals surface area contributed by atoms with Gasteiger partial charge in [0.05, 0.1) is 11.3 Å². The Hall–Kier alpha value is -0.720. The van der Waals surface area contributed by atoms with Crippen LogP contribution in [0.3, 0.4) is 0 Å². The molecule has 6 heteroatoms. The van der Waals surface area contributed by atoms with Crippen LogP contribution in [0, 0.1) is 5.41 Å². The fourth-order valence-electron chi connectivity index (χ4n) is 2.94. The minimum atomic E-state index is -0.427. The van der Waals surface area contributed by atoms with Gasteiger partial charge in [-0.1, -0.05) is 22.0 Å². The van der Waals surface area contributed by atoms with Crippen LogP contribution in [0.15, 0.2) is 22.7 Å². The summed E-state index contributed by atoms with van der Waals surface area (Å²) >= 11 is 7.04. The Labute approximate surface area is 140 Å². The topological polar surface area (TPSA) is 46.6 Å². The van der Waals surface area contributed by atoms with E-state index >= 15 is 0 Å². The highest BCUT2D eigenvalue weighted by Gasteiger charge is 2.42. The normalized spacial score (nSPS) is 20.8. The van der Waals surface area contributed by atoms with Crippen molar-refractivity contribution < 1.29 is 14.3 Å². The Balaban J connectivity index is 1.96. The first kappa shape index (κ1) is 15.2. The molecule has 112 valence electrons. The van der Waals surface area contributed by atoms with Crippen molar-refractivity contribution in [2.24, 2.45) is 5.41 Å². The van der Waals surface area contributed by atoms with Crippen LogP contribution in [0.4, 0.5) is 5.69 Å². The molecular formula is C15H15Br2NO3. The minimum Gasteiger partial charge on any atom is -0.381 e. The second-order valence-corrected chi connectivity index (χ2v) is 7.02. The lowest BCUT2D eigenvalue weighted by Gasteiger charge is -2.38. The monoisotopic (exact) mass is 415 g/mol. The summed E-state index contributed by atoms with van der Waals surface area (Å²) in [6, 6.07) is 5.36. The number of Topliss-reactive ketones (excluding diaryl/α,β-unsaturated/α-hetero) is 1. The number of halogens is 2. The molecule has 4 nitrogen and oxygen atoms in total. The van der Waals surface area contributed by atoms with Gasteiger partial charge in [0.2, 0.25) is 0 Å². The largest absolute Gasteiger partial charge is 0.381 e. The molecule has 0 aliphatic carbocycles. The number of ether oxygens (including phenoxy) is 1. The highest BCUT2D eigenvalue weighted by atomic mass is 79.9. The van der Waals surface area contributed by atoms with Gasteiger partial charge in [-0.3, -0.25) is 9.59 Å². The van der Waals surface area contributed by atoms with Crippen molar-refractivity contribution in [3.05, 3.63) is 28.2 Å². The predicted octanol–water partition coefficient (Wildman–Crippen LogP) is 3.17. The van der Waals surface area contributed by atoms with E-state index in [1.165, 1.54) is 0 Å². The van der Waals surface area contributed by atoms with E-state index in [4.69, 9.17) is 4.74 Å². The summed E-state index contributed by atoms with van der Waals surface area (Å²) in [6.45, 7) is 1.94. The maximum Gasteiger partial charge on any atom is 0.299 e. The predicted molar refractivity (Wildman–Crippen MR) is 87.1 cm³/mol. The second kappa shape index (κ2) is 5.82. The third kappa shape index (κ3) is 2.58. The lowest BCUT2D eigenvalue weighted by molar-refractivity contribution is -0.114. The van der Waals surface area contributed by atoms with Gasteiger partial charge in [-0.15, -0.1) is 0 Å². The third-order valence-corrected chi connectivity index (χ3v) is 6.10. The quantitative estimate of drug-likeness (QED) is 0.561. The van der Waals surface area contributed by atoms with Crippen molar-refractivity contribution in [3.63, 3.8) is 0 Å². The van der Waals surface area contributed by atoms with E-state index in [-0.39, 0.29) is 5.41 Å². The number of hydrogen-bond donors (Lipinski definition) is 0. The van der Waals surface area contributed by atoms with Crippen LogP contribution in [-0.2, 0) is 9.53 Å². The first-order valence-corrected chi connectivity index (χ1v) is 8.78. The number of carbonyl (C=O) groups is 2. The van der Waals surface area contributed by atoms with E-state index in [1.54, 1.807) is 17.0 Å². The van der Waals surface area contributed by atoms with Gasteiger partial charge in [0.1, 0.15) is 0 Å². The van der Waals surface area contributed by atoms with Crippen LogP contribution in [0.1, 0.15) is 23.2 Å². The Bertz CT molecular complexity index is 597. The van der Waals surface area contributed by atoms with Gasteiger partial charge in [0.15, 0.2) is 0 Å². The summed E-state index contributed by atoms with van der Waals surface area (Å²) < 4.78 is 6.22. The zero-order valence-corrected chi connectivity index (χ0v) is 14.6. The van der Waals surface area contributed by atoms with Gasteiger partial charge < -0.3 is 9.64 Å². The molecular weight excluding hydrogens is 402 g/mol.